The number of fused-ring (bicyclic) bond motifs is 1. The Balaban J connectivity index is 1.47. The molecule has 0 saturated carbocycles. The van der Waals surface area contributed by atoms with E-state index in [9.17, 15) is 4.79 Å². The first kappa shape index (κ1) is 20.1. The molecule has 0 spiro atoms. The number of aromatic amines is 1. The lowest BCUT2D eigenvalue weighted by molar-refractivity contribution is 0.0990. The van der Waals surface area contributed by atoms with E-state index in [1.807, 2.05) is 78.9 Å². The third-order valence-corrected chi connectivity index (χ3v) is 6.25. The Morgan fingerprint density at radius 3 is 2.50 bits per heavy atom. The Kier molecular flexibility index (Phi) is 5.47. The maximum Gasteiger partial charge on any atom is 0.277 e. The number of benzene rings is 3. The molecule has 2 aromatic heterocycles. The molecular weight excluding hydrogens is 422 g/mol. The van der Waals surface area contributed by atoms with Crippen molar-refractivity contribution in [3.05, 3.63) is 96.2 Å². The molecule has 0 aliphatic heterocycles. The van der Waals surface area contributed by atoms with Crippen molar-refractivity contribution in [2.24, 2.45) is 0 Å². The molecule has 6 nitrogen and oxygen atoms in total. The number of nitrogens with zero attached hydrogens (tertiary/aromatic N) is 2. The number of carbonyl (C=O) groups excluding carboxylic acids is 1. The Morgan fingerprint density at radius 2 is 1.72 bits per heavy atom. The Labute approximate surface area is 188 Å². The van der Waals surface area contributed by atoms with Crippen molar-refractivity contribution in [1.82, 2.24) is 15.2 Å². The van der Waals surface area contributed by atoms with E-state index < -0.39 is 5.25 Å². The fraction of sp³-hybridized carbons (Fsp3) is 0.0800. The highest BCUT2D eigenvalue weighted by Crippen LogP contribution is 2.39. The minimum Gasteiger partial charge on any atom is -0.497 e. The van der Waals surface area contributed by atoms with Crippen molar-refractivity contribution in [2.75, 3.05) is 7.11 Å². The summed E-state index contributed by atoms with van der Waals surface area (Å²) >= 11 is 1.25. The van der Waals surface area contributed by atoms with Crippen molar-refractivity contribution in [3.63, 3.8) is 0 Å². The smallest absolute Gasteiger partial charge is 0.277 e. The Bertz CT molecular complexity index is 1360. The molecule has 1 atom stereocenters. The van der Waals surface area contributed by atoms with Gasteiger partial charge in [-0.05, 0) is 47.7 Å². The second-order valence-electron chi connectivity index (χ2n) is 7.12. The number of ketones is 1. The van der Waals surface area contributed by atoms with Gasteiger partial charge in [-0.15, -0.1) is 10.2 Å². The predicted molar refractivity (Wildman–Crippen MR) is 124 cm³/mol. The summed E-state index contributed by atoms with van der Waals surface area (Å²) in [6, 6.07) is 24.8. The van der Waals surface area contributed by atoms with Gasteiger partial charge in [0.05, 0.1) is 7.11 Å². The van der Waals surface area contributed by atoms with Gasteiger partial charge in [-0.1, -0.05) is 48.5 Å². The summed E-state index contributed by atoms with van der Waals surface area (Å²) in [5.41, 5.74) is 3.21. The maximum atomic E-state index is 13.6. The van der Waals surface area contributed by atoms with Gasteiger partial charge in [-0.3, -0.25) is 4.79 Å². The van der Waals surface area contributed by atoms with Crippen LogP contribution < -0.4 is 4.74 Å². The molecule has 3 aromatic carbocycles. The molecule has 32 heavy (non-hydrogen) atoms. The molecule has 5 aromatic rings. The number of hydrogen-bond acceptors (Lipinski definition) is 6. The predicted octanol–water partition coefficient (Wildman–Crippen LogP) is 5.94. The van der Waals surface area contributed by atoms with E-state index in [0.29, 0.717) is 16.7 Å². The lowest BCUT2D eigenvalue weighted by atomic mass is 10.0. The quantitative estimate of drug-likeness (QED) is 0.249. The van der Waals surface area contributed by atoms with Gasteiger partial charge >= 0.3 is 0 Å². The normalized spacial score (nSPS) is 12.0. The van der Waals surface area contributed by atoms with Crippen molar-refractivity contribution < 1.29 is 13.9 Å². The van der Waals surface area contributed by atoms with Crippen molar-refractivity contribution in [1.29, 1.82) is 0 Å². The summed E-state index contributed by atoms with van der Waals surface area (Å²) in [4.78, 5) is 16.8. The average Bonchev–Trinajstić information content (AvgIpc) is 3.50. The van der Waals surface area contributed by atoms with Crippen LogP contribution in [0.5, 0.6) is 5.75 Å². The highest BCUT2D eigenvalue weighted by molar-refractivity contribution is 8.00. The van der Waals surface area contributed by atoms with E-state index in [1.54, 1.807) is 13.3 Å². The Hall–Kier alpha value is -3.84. The lowest BCUT2D eigenvalue weighted by Crippen LogP contribution is -2.09. The summed E-state index contributed by atoms with van der Waals surface area (Å²) in [5.74, 6) is 1.11. The van der Waals surface area contributed by atoms with Gasteiger partial charge in [0.2, 0.25) is 5.89 Å². The highest BCUT2D eigenvalue weighted by atomic mass is 32.2. The van der Waals surface area contributed by atoms with Crippen LogP contribution in [0.15, 0.2) is 94.7 Å². The van der Waals surface area contributed by atoms with Crippen LogP contribution >= 0.6 is 11.8 Å². The van der Waals surface area contributed by atoms with Gasteiger partial charge in [0, 0.05) is 28.2 Å². The summed E-state index contributed by atoms with van der Waals surface area (Å²) in [5, 5.41) is 9.04. The van der Waals surface area contributed by atoms with Gasteiger partial charge < -0.3 is 14.1 Å². The SMILES string of the molecule is COc1ccc(-c2nnc(S[C@@H](C(=O)c3c[nH]c4ccccc34)c3ccccc3)o2)cc1. The van der Waals surface area contributed by atoms with E-state index >= 15 is 0 Å². The average molecular weight is 442 g/mol. The molecule has 2 heterocycles. The molecule has 0 aliphatic carbocycles. The highest BCUT2D eigenvalue weighted by Gasteiger charge is 2.27. The van der Waals surface area contributed by atoms with Crippen molar-refractivity contribution >= 4 is 28.4 Å². The molecule has 0 fully saturated rings. The van der Waals surface area contributed by atoms with Crippen LogP contribution in [-0.2, 0) is 0 Å². The fourth-order valence-corrected chi connectivity index (χ4v) is 4.47. The van der Waals surface area contributed by atoms with E-state index in [1.165, 1.54) is 11.8 Å². The van der Waals surface area contributed by atoms with Gasteiger partial charge in [-0.25, -0.2) is 0 Å². The van der Waals surface area contributed by atoms with Crippen LogP contribution in [0, 0.1) is 0 Å². The van der Waals surface area contributed by atoms with Gasteiger partial charge in [-0.2, -0.15) is 0 Å². The zero-order valence-electron chi connectivity index (χ0n) is 17.2. The van der Waals surface area contributed by atoms with Crippen LogP contribution in [0.1, 0.15) is 21.2 Å². The van der Waals surface area contributed by atoms with Gasteiger partial charge in [0.1, 0.15) is 11.0 Å². The summed E-state index contributed by atoms with van der Waals surface area (Å²) in [6.07, 6.45) is 1.76. The first-order chi connectivity index (χ1) is 15.7. The van der Waals surface area contributed by atoms with Crippen molar-refractivity contribution in [2.45, 2.75) is 10.5 Å². The number of thioether (sulfide) groups is 1. The number of hydrogen-bond donors (Lipinski definition) is 1. The second-order valence-corrected chi connectivity index (χ2v) is 8.18. The minimum absolute atomic E-state index is 0.0251. The third kappa shape index (κ3) is 3.90. The second kappa shape index (κ2) is 8.72. The van der Waals surface area contributed by atoms with E-state index in [2.05, 4.69) is 15.2 Å². The molecule has 0 bridgehead atoms. The number of methoxy groups -OCH3 is 1. The number of rotatable bonds is 7. The molecule has 158 valence electrons. The first-order valence-electron chi connectivity index (χ1n) is 10.0. The molecule has 1 N–H and O–H groups in total. The number of para-hydroxylation sites is 1. The monoisotopic (exact) mass is 441 g/mol. The maximum absolute atomic E-state index is 13.6. The van der Waals surface area contributed by atoms with E-state index in [4.69, 9.17) is 9.15 Å². The number of carbonyl (C=O) groups is 1. The number of H-pyrrole nitrogens is 1. The molecule has 0 saturated heterocycles. The van der Waals surface area contributed by atoms with E-state index in [-0.39, 0.29) is 5.78 Å². The minimum atomic E-state index is -0.528. The topological polar surface area (TPSA) is 81.0 Å². The number of nitrogens with one attached hydrogen (secondary N) is 1. The lowest BCUT2D eigenvalue weighted by Gasteiger charge is -2.13. The Morgan fingerprint density at radius 1 is 0.969 bits per heavy atom. The van der Waals surface area contributed by atoms with Crippen LogP contribution in [-0.4, -0.2) is 28.1 Å². The van der Waals surface area contributed by atoms with E-state index in [0.717, 1.165) is 27.8 Å². The zero-order chi connectivity index (χ0) is 21.9. The third-order valence-electron chi connectivity index (χ3n) is 5.16. The molecule has 0 radical (unpaired) electrons. The molecule has 0 aliphatic rings. The molecular formula is C25H19N3O3S. The summed E-state index contributed by atoms with van der Waals surface area (Å²) in [7, 11) is 1.62. The summed E-state index contributed by atoms with van der Waals surface area (Å²) in [6.45, 7) is 0. The van der Waals surface area contributed by atoms with Crippen LogP contribution in [0.4, 0.5) is 0 Å². The van der Waals surface area contributed by atoms with Crippen LogP contribution in [0.2, 0.25) is 0 Å². The molecule has 7 heteroatoms. The number of Topliss-reactive ketones (excluding diaryl/α,β-unsaturated/α-hetero) is 1. The number of aromatic nitrogens is 3. The number of ether oxygens (including phenoxy) is 1. The van der Waals surface area contributed by atoms with Gasteiger partial charge in [0.25, 0.3) is 5.22 Å². The van der Waals surface area contributed by atoms with Crippen molar-refractivity contribution in [3.8, 4) is 17.2 Å². The molecule has 5 rings (SSSR count). The fourth-order valence-electron chi connectivity index (χ4n) is 3.53. The molecule has 0 amide bonds. The van der Waals surface area contributed by atoms with Gasteiger partial charge in [0.15, 0.2) is 5.78 Å². The zero-order valence-corrected chi connectivity index (χ0v) is 18.0. The molecule has 0 unspecified atom stereocenters. The van der Waals surface area contributed by atoms with Crippen LogP contribution in [0.3, 0.4) is 0 Å². The standard InChI is InChI=1S/C25H19N3O3S/c1-30-18-13-11-17(12-14-18)24-27-28-25(31-24)32-23(16-7-3-2-4-8-16)22(29)20-15-26-21-10-6-5-9-19(20)21/h2-15,23,26H,1H3/t23-/m1/s1. The largest absolute Gasteiger partial charge is 0.497 e. The van der Waals surface area contributed by atoms with Crippen LogP contribution in [0.25, 0.3) is 22.4 Å². The summed E-state index contributed by atoms with van der Waals surface area (Å²) < 4.78 is 11.1. The first-order valence-corrected chi connectivity index (χ1v) is 10.9.